The number of carbonyl (C=O) groups excluding carboxylic acids is 1. The zero-order chi connectivity index (χ0) is 16.4. The highest BCUT2D eigenvalue weighted by Gasteiger charge is 2.35. The van der Waals surface area contributed by atoms with Gasteiger partial charge in [-0.2, -0.15) is 0 Å². The van der Waals surface area contributed by atoms with Crippen LogP contribution in [0, 0.1) is 17.3 Å². The number of rotatable bonds is 3. The van der Waals surface area contributed by atoms with Gasteiger partial charge in [0.15, 0.2) is 0 Å². The van der Waals surface area contributed by atoms with Crippen molar-refractivity contribution >= 4 is 5.91 Å². The van der Waals surface area contributed by atoms with Crippen LogP contribution in [0.1, 0.15) is 52.9 Å². The smallest absolute Gasteiger partial charge is 0.222 e. The van der Waals surface area contributed by atoms with E-state index < -0.39 is 0 Å². The van der Waals surface area contributed by atoms with Gasteiger partial charge in [0.1, 0.15) is 0 Å². The third-order valence-electron chi connectivity index (χ3n) is 6.13. The molecule has 1 amide bonds. The summed E-state index contributed by atoms with van der Waals surface area (Å²) in [4.78, 5) is 17.5. The molecule has 23 heavy (non-hydrogen) atoms. The topological polar surface area (TPSA) is 35.6 Å². The predicted octanol–water partition coefficient (Wildman–Crippen LogP) is 2.34. The lowest BCUT2D eigenvalue weighted by molar-refractivity contribution is -0.132. The highest BCUT2D eigenvalue weighted by atomic mass is 16.2. The van der Waals surface area contributed by atoms with Gasteiger partial charge in [0.05, 0.1) is 0 Å². The molecule has 0 aromatic rings. The highest BCUT2D eigenvalue weighted by Crippen LogP contribution is 2.43. The fourth-order valence-electron chi connectivity index (χ4n) is 5.39. The van der Waals surface area contributed by atoms with Crippen LogP contribution < -0.4 is 5.32 Å². The molecule has 1 saturated carbocycles. The van der Waals surface area contributed by atoms with Crippen LogP contribution in [0.5, 0.6) is 0 Å². The van der Waals surface area contributed by atoms with Crippen molar-refractivity contribution in [3.05, 3.63) is 0 Å². The molecule has 0 radical (unpaired) electrons. The van der Waals surface area contributed by atoms with Gasteiger partial charge in [-0.25, -0.2) is 0 Å². The van der Waals surface area contributed by atoms with E-state index in [1.54, 1.807) is 0 Å². The molecule has 2 aliphatic heterocycles. The van der Waals surface area contributed by atoms with Gasteiger partial charge in [-0.15, -0.1) is 0 Å². The average Bonchev–Trinajstić information content (AvgIpc) is 2.96. The summed E-state index contributed by atoms with van der Waals surface area (Å²) < 4.78 is 0. The highest BCUT2D eigenvalue weighted by molar-refractivity contribution is 5.76. The zero-order valence-corrected chi connectivity index (χ0v) is 15.3. The van der Waals surface area contributed by atoms with Crippen LogP contribution in [-0.2, 0) is 4.79 Å². The van der Waals surface area contributed by atoms with E-state index in [0.29, 0.717) is 23.3 Å². The Morgan fingerprint density at radius 2 is 1.91 bits per heavy atom. The van der Waals surface area contributed by atoms with Crippen molar-refractivity contribution in [2.75, 3.05) is 39.3 Å². The number of hydrogen-bond donors (Lipinski definition) is 1. The summed E-state index contributed by atoms with van der Waals surface area (Å²) >= 11 is 0. The van der Waals surface area contributed by atoms with Gasteiger partial charge in [0.2, 0.25) is 5.91 Å². The molecule has 3 atom stereocenters. The van der Waals surface area contributed by atoms with Crippen LogP contribution in [0.25, 0.3) is 0 Å². The first-order valence-corrected chi connectivity index (χ1v) is 9.65. The molecule has 3 unspecified atom stereocenters. The third kappa shape index (κ3) is 4.48. The van der Waals surface area contributed by atoms with Gasteiger partial charge in [0, 0.05) is 51.7 Å². The second-order valence-corrected chi connectivity index (χ2v) is 9.05. The van der Waals surface area contributed by atoms with E-state index >= 15 is 0 Å². The molecule has 0 aromatic carbocycles. The molecular weight excluding hydrogens is 286 g/mol. The summed E-state index contributed by atoms with van der Waals surface area (Å²) in [6, 6.07) is 0.600. The largest absolute Gasteiger partial charge is 0.341 e. The Kier molecular flexibility index (Phi) is 5.32. The number of nitrogens with zero attached hydrogens (tertiary/aromatic N) is 2. The Bertz CT molecular complexity index is 417. The number of amides is 1. The van der Waals surface area contributed by atoms with E-state index in [-0.39, 0.29) is 0 Å². The molecule has 132 valence electrons. The molecule has 4 heteroatoms. The van der Waals surface area contributed by atoms with Crippen LogP contribution >= 0.6 is 0 Å². The van der Waals surface area contributed by atoms with E-state index in [1.165, 1.54) is 19.3 Å². The van der Waals surface area contributed by atoms with E-state index in [0.717, 1.165) is 58.0 Å². The Balaban J connectivity index is 1.49. The summed E-state index contributed by atoms with van der Waals surface area (Å²) in [5.41, 5.74) is 0.414. The minimum absolute atomic E-state index is 0.414. The molecule has 3 rings (SSSR count). The van der Waals surface area contributed by atoms with E-state index in [4.69, 9.17) is 0 Å². The van der Waals surface area contributed by atoms with Gasteiger partial charge < -0.3 is 10.2 Å². The SMILES string of the molecule is CC1CC(CC(=O)N2CCC(N3CCNCC3)C2)CC(C)(C)C1. The lowest BCUT2D eigenvalue weighted by Gasteiger charge is -2.39. The summed E-state index contributed by atoms with van der Waals surface area (Å²) in [6.45, 7) is 13.5. The number of likely N-dealkylation sites (tertiary alicyclic amines) is 1. The van der Waals surface area contributed by atoms with Crippen molar-refractivity contribution in [3.8, 4) is 0 Å². The molecule has 0 aromatic heterocycles. The summed E-state index contributed by atoms with van der Waals surface area (Å²) in [5.74, 6) is 1.78. The van der Waals surface area contributed by atoms with Gasteiger partial charge in [-0.3, -0.25) is 9.69 Å². The second-order valence-electron chi connectivity index (χ2n) is 9.05. The number of piperazine rings is 1. The molecule has 0 spiro atoms. The fraction of sp³-hybridized carbons (Fsp3) is 0.947. The first kappa shape index (κ1) is 17.2. The Labute approximate surface area is 142 Å². The Morgan fingerprint density at radius 1 is 1.17 bits per heavy atom. The molecule has 1 aliphatic carbocycles. The first-order chi connectivity index (χ1) is 10.9. The molecule has 2 saturated heterocycles. The van der Waals surface area contributed by atoms with Crippen LogP contribution in [0.4, 0.5) is 0 Å². The lowest BCUT2D eigenvalue weighted by atomic mass is 9.67. The summed E-state index contributed by atoms with van der Waals surface area (Å²) in [5, 5.41) is 3.42. The summed E-state index contributed by atoms with van der Waals surface area (Å²) in [7, 11) is 0. The van der Waals surface area contributed by atoms with Crippen LogP contribution in [0.2, 0.25) is 0 Å². The maximum Gasteiger partial charge on any atom is 0.222 e. The number of hydrogen-bond acceptors (Lipinski definition) is 3. The molecule has 1 N–H and O–H groups in total. The predicted molar refractivity (Wildman–Crippen MR) is 94.3 cm³/mol. The van der Waals surface area contributed by atoms with Crippen LogP contribution in [0.3, 0.4) is 0 Å². The van der Waals surface area contributed by atoms with Gasteiger partial charge in [0.25, 0.3) is 0 Å². The van der Waals surface area contributed by atoms with Crippen LogP contribution in [0.15, 0.2) is 0 Å². The number of carbonyl (C=O) groups is 1. The average molecular weight is 322 g/mol. The molecule has 3 aliphatic rings. The van der Waals surface area contributed by atoms with Crippen molar-refractivity contribution in [2.45, 2.75) is 58.9 Å². The monoisotopic (exact) mass is 321 g/mol. The lowest BCUT2D eigenvalue weighted by Crippen LogP contribution is -2.49. The van der Waals surface area contributed by atoms with Crippen molar-refractivity contribution < 1.29 is 4.79 Å². The van der Waals surface area contributed by atoms with Crippen molar-refractivity contribution in [3.63, 3.8) is 0 Å². The maximum absolute atomic E-state index is 12.8. The van der Waals surface area contributed by atoms with Crippen molar-refractivity contribution in [2.24, 2.45) is 17.3 Å². The molecule has 3 fully saturated rings. The van der Waals surface area contributed by atoms with Crippen molar-refractivity contribution in [1.82, 2.24) is 15.1 Å². The molecule has 0 bridgehead atoms. The van der Waals surface area contributed by atoms with Gasteiger partial charge in [-0.05, 0) is 42.9 Å². The van der Waals surface area contributed by atoms with Crippen LogP contribution in [-0.4, -0.2) is 61.0 Å². The maximum atomic E-state index is 12.8. The molecular formula is C19H35N3O. The zero-order valence-electron chi connectivity index (χ0n) is 15.3. The van der Waals surface area contributed by atoms with Gasteiger partial charge in [-0.1, -0.05) is 20.8 Å². The third-order valence-corrected chi connectivity index (χ3v) is 6.13. The van der Waals surface area contributed by atoms with E-state index in [9.17, 15) is 4.79 Å². The summed E-state index contributed by atoms with van der Waals surface area (Å²) in [6.07, 6.45) is 5.72. The van der Waals surface area contributed by atoms with E-state index in [2.05, 4.69) is 35.9 Å². The van der Waals surface area contributed by atoms with Crippen molar-refractivity contribution in [1.29, 1.82) is 0 Å². The van der Waals surface area contributed by atoms with E-state index in [1.807, 2.05) is 0 Å². The van der Waals surface area contributed by atoms with Gasteiger partial charge >= 0.3 is 0 Å². The Hall–Kier alpha value is -0.610. The minimum atomic E-state index is 0.414. The molecule has 2 heterocycles. The fourth-order valence-corrected chi connectivity index (χ4v) is 5.39. The minimum Gasteiger partial charge on any atom is -0.341 e. The second kappa shape index (κ2) is 7.10. The normalized spacial score (nSPS) is 35.4. The first-order valence-electron chi connectivity index (χ1n) is 9.65. The Morgan fingerprint density at radius 3 is 2.61 bits per heavy atom. The quantitative estimate of drug-likeness (QED) is 0.867. The molecule has 4 nitrogen and oxygen atoms in total. The standard InChI is InChI=1S/C19H35N3O/c1-15-10-16(13-19(2,3)12-15)11-18(23)22-7-4-17(14-22)21-8-5-20-6-9-21/h15-17,20H,4-14H2,1-3H3. The number of nitrogens with one attached hydrogen (secondary N) is 1.